The molecule has 0 fully saturated rings. The molecule has 0 aliphatic heterocycles. The Morgan fingerprint density at radius 3 is 2.33 bits per heavy atom. The summed E-state index contributed by atoms with van der Waals surface area (Å²) in [5.74, 6) is 0.338. The molecule has 0 aliphatic rings. The van der Waals surface area contributed by atoms with Crippen molar-refractivity contribution in [2.45, 2.75) is 38.8 Å². The number of rotatable bonds is 7. The van der Waals surface area contributed by atoms with Crippen LogP contribution < -0.4 is 5.32 Å². The van der Waals surface area contributed by atoms with E-state index in [0.29, 0.717) is 17.8 Å². The molecule has 0 aromatic heterocycles. The fourth-order valence-electron chi connectivity index (χ4n) is 1.70. The number of hydrogen-bond acceptors (Lipinski definition) is 3. The minimum atomic E-state index is 0.338. The molecule has 3 nitrogen and oxygen atoms in total. The smallest absolute Gasteiger partial charge is 0.115 e. The second-order valence-corrected chi connectivity index (χ2v) is 5.33. The summed E-state index contributed by atoms with van der Waals surface area (Å²) < 4.78 is 0. The maximum Gasteiger partial charge on any atom is 0.115 e. The van der Waals surface area contributed by atoms with Gasteiger partial charge in [0.05, 0.1) is 0 Å². The molecule has 1 aromatic carbocycles. The van der Waals surface area contributed by atoms with E-state index < -0.39 is 0 Å². The highest BCUT2D eigenvalue weighted by Gasteiger charge is 2.07. The third kappa shape index (κ3) is 5.52. The molecule has 0 radical (unpaired) electrons. The topological polar surface area (TPSA) is 35.5 Å². The van der Waals surface area contributed by atoms with Crippen LogP contribution in [0.5, 0.6) is 5.75 Å². The van der Waals surface area contributed by atoms with Crippen LogP contribution in [0.4, 0.5) is 0 Å². The lowest BCUT2D eigenvalue weighted by Crippen LogP contribution is -2.39. The molecule has 2 unspecified atom stereocenters. The molecule has 2 atom stereocenters. The van der Waals surface area contributed by atoms with Crippen LogP contribution in [0.25, 0.3) is 0 Å². The average Bonchev–Trinajstić information content (AvgIpc) is 2.35. The molecule has 0 heterocycles. The van der Waals surface area contributed by atoms with Crippen molar-refractivity contribution in [2.75, 3.05) is 20.6 Å². The summed E-state index contributed by atoms with van der Waals surface area (Å²) in [4.78, 5) is 2.22. The summed E-state index contributed by atoms with van der Waals surface area (Å²) in [7, 11) is 4.21. The van der Waals surface area contributed by atoms with Gasteiger partial charge in [0, 0.05) is 18.6 Å². The highest BCUT2D eigenvalue weighted by Crippen LogP contribution is 2.11. The van der Waals surface area contributed by atoms with E-state index in [0.717, 1.165) is 19.4 Å². The number of phenolic OH excluding ortho intramolecular Hbond substituents is 1. The molecule has 0 bridgehead atoms. The monoisotopic (exact) mass is 250 g/mol. The number of aryl methyl sites for hydroxylation is 1. The standard InChI is InChI=1S/C15H26N2O/c1-12(16-11-13(2)17(3)4)5-6-14-7-9-15(18)10-8-14/h7-10,12-13,16,18H,5-6,11H2,1-4H3. The summed E-state index contributed by atoms with van der Waals surface area (Å²) >= 11 is 0. The Labute approximate surface area is 111 Å². The van der Waals surface area contributed by atoms with E-state index in [1.54, 1.807) is 12.1 Å². The predicted molar refractivity (Wildman–Crippen MR) is 77.0 cm³/mol. The molecule has 0 spiro atoms. The molecular weight excluding hydrogens is 224 g/mol. The molecule has 0 aliphatic carbocycles. The van der Waals surface area contributed by atoms with Crippen LogP contribution in [0.15, 0.2) is 24.3 Å². The molecule has 1 rings (SSSR count). The second-order valence-electron chi connectivity index (χ2n) is 5.33. The minimum Gasteiger partial charge on any atom is -0.508 e. The molecule has 18 heavy (non-hydrogen) atoms. The number of aromatic hydroxyl groups is 1. The van der Waals surface area contributed by atoms with Gasteiger partial charge in [-0.15, -0.1) is 0 Å². The van der Waals surface area contributed by atoms with Crippen LogP contribution in [0, 0.1) is 0 Å². The summed E-state index contributed by atoms with van der Waals surface area (Å²) in [6, 6.07) is 8.56. The highest BCUT2D eigenvalue weighted by atomic mass is 16.3. The quantitative estimate of drug-likeness (QED) is 0.779. The van der Waals surface area contributed by atoms with E-state index in [-0.39, 0.29) is 0 Å². The predicted octanol–water partition coefficient (Wildman–Crippen LogP) is 2.25. The van der Waals surface area contributed by atoms with Crippen molar-refractivity contribution in [3.8, 4) is 5.75 Å². The van der Waals surface area contributed by atoms with Crippen molar-refractivity contribution in [3.05, 3.63) is 29.8 Å². The average molecular weight is 250 g/mol. The van der Waals surface area contributed by atoms with E-state index in [1.807, 2.05) is 12.1 Å². The molecule has 0 saturated heterocycles. The number of nitrogens with one attached hydrogen (secondary N) is 1. The Morgan fingerprint density at radius 2 is 1.78 bits per heavy atom. The van der Waals surface area contributed by atoms with Crippen LogP contribution in [-0.4, -0.2) is 42.7 Å². The maximum absolute atomic E-state index is 9.21. The van der Waals surface area contributed by atoms with Crippen LogP contribution >= 0.6 is 0 Å². The zero-order valence-electron chi connectivity index (χ0n) is 12.0. The van der Waals surface area contributed by atoms with Crippen LogP contribution in [-0.2, 0) is 6.42 Å². The van der Waals surface area contributed by atoms with Gasteiger partial charge in [0.2, 0.25) is 0 Å². The van der Waals surface area contributed by atoms with E-state index >= 15 is 0 Å². The summed E-state index contributed by atoms with van der Waals surface area (Å²) in [6.07, 6.45) is 2.16. The Balaban J connectivity index is 2.24. The first-order valence-electron chi connectivity index (χ1n) is 6.66. The molecule has 0 saturated carbocycles. The zero-order chi connectivity index (χ0) is 13.5. The Bertz CT molecular complexity index is 335. The van der Waals surface area contributed by atoms with E-state index in [9.17, 15) is 5.11 Å². The Morgan fingerprint density at radius 1 is 1.17 bits per heavy atom. The fraction of sp³-hybridized carbons (Fsp3) is 0.600. The number of hydrogen-bond donors (Lipinski definition) is 2. The second kappa shape index (κ2) is 7.39. The van der Waals surface area contributed by atoms with Crippen molar-refractivity contribution in [3.63, 3.8) is 0 Å². The molecule has 102 valence electrons. The van der Waals surface area contributed by atoms with Crippen LogP contribution in [0.1, 0.15) is 25.8 Å². The first kappa shape index (κ1) is 15.0. The van der Waals surface area contributed by atoms with Gasteiger partial charge < -0.3 is 15.3 Å². The van der Waals surface area contributed by atoms with E-state index in [2.05, 4.69) is 38.2 Å². The van der Waals surface area contributed by atoms with E-state index in [4.69, 9.17) is 0 Å². The third-order valence-corrected chi connectivity index (χ3v) is 3.45. The number of likely N-dealkylation sites (N-methyl/N-ethyl adjacent to an activating group) is 1. The van der Waals surface area contributed by atoms with Crippen molar-refractivity contribution in [1.82, 2.24) is 10.2 Å². The van der Waals surface area contributed by atoms with Gasteiger partial charge in [-0.1, -0.05) is 12.1 Å². The van der Waals surface area contributed by atoms with E-state index in [1.165, 1.54) is 5.56 Å². The van der Waals surface area contributed by atoms with Crippen molar-refractivity contribution < 1.29 is 5.11 Å². The molecule has 1 aromatic rings. The summed E-state index contributed by atoms with van der Waals surface area (Å²) in [6.45, 7) is 5.46. The zero-order valence-corrected chi connectivity index (χ0v) is 12.0. The molecular formula is C15H26N2O. The molecule has 2 N–H and O–H groups in total. The normalized spacial score (nSPS) is 14.7. The fourth-order valence-corrected chi connectivity index (χ4v) is 1.70. The van der Waals surface area contributed by atoms with Crippen molar-refractivity contribution in [2.24, 2.45) is 0 Å². The first-order valence-corrected chi connectivity index (χ1v) is 6.66. The highest BCUT2D eigenvalue weighted by molar-refractivity contribution is 5.25. The lowest BCUT2D eigenvalue weighted by molar-refractivity contribution is 0.293. The molecule has 3 heteroatoms. The number of phenols is 1. The Kier molecular flexibility index (Phi) is 6.16. The summed E-state index contributed by atoms with van der Waals surface area (Å²) in [5, 5.41) is 12.8. The SMILES string of the molecule is CC(CCc1ccc(O)cc1)NCC(C)N(C)C. The van der Waals surface area contributed by atoms with Crippen LogP contribution in [0.3, 0.4) is 0 Å². The van der Waals surface area contributed by atoms with Gasteiger partial charge in [0.1, 0.15) is 5.75 Å². The maximum atomic E-state index is 9.21. The number of benzene rings is 1. The van der Waals surface area contributed by atoms with Gasteiger partial charge in [-0.3, -0.25) is 0 Å². The molecule has 0 amide bonds. The van der Waals surface area contributed by atoms with Crippen molar-refractivity contribution >= 4 is 0 Å². The lowest BCUT2D eigenvalue weighted by atomic mass is 10.1. The van der Waals surface area contributed by atoms with Gasteiger partial charge in [-0.05, 0) is 58.5 Å². The van der Waals surface area contributed by atoms with Gasteiger partial charge in [0.25, 0.3) is 0 Å². The van der Waals surface area contributed by atoms with Gasteiger partial charge in [-0.2, -0.15) is 0 Å². The third-order valence-electron chi connectivity index (χ3n) is 3.45. The summed E-state index contributed by atoms with van der Waals surface area (Å²) in [5.41, 5.74) is 1.28. The minimum absolute atomic E-state index is 0.338. The number of nitrogens with zero attached hydrogens (tertiary/aromatic N) is 1. The van der Waals surface area contributed by atoms with Gasteiger partial charge in [-0.25, -0.2) is 0 Å². The van der Waals surface area contributed by atoms with Gasteiger partial charge >= 0.3 is 0 Å². The Hall–Kier alpha value is -1.06. The first-order chi connectivity index (χ1) is 8.49. The lowest BCUT2D eigenvalue weighted by Gasteiger charge is -2.22. The van der Waals surface area contributed by atoms with Gasteiger partial charge in [0.15, 0.2) is 0 Å². The van der Waals surface area contributed by atoms with Crippen molar-refractivity contribution in [1.29, 1.82) is 0 Å². The largest absolute Gasteiger partial charge is 0.508 e. The van der Waals surface area contributed by atoms with Crippen LogP contribution in [0.2, 0.25) is 0 Å².